The van der Waals surface area contributed by atoms with E-state index >= 15 is 0 Å². The van der Waals surface area contributed by atoms with E-state index in [9.17, 15) is 8.42 Å². The number of nitrogens with zero attached hydrogens (tertiary/aromatic N) is 5. The van der Waals surface area contributed by atoms with Crippen molar-refractivity contribution in [2.24, 2.45) is 0 Å². The van der Waals surface area contributed by atoms with E-state index in [1.54, 1.807) is 33.0 Å². The Morgan fingerprint density at radius 1 is 1.04 bits per heavy atom. The zero-order valence-electron chi connectivity index (χ0n) is 16.4. The second kappa shape index (κ2) is 6.84. The normalized spacial score (nSPS) is 16.6. The van der Waals surface area contributed by atoms with Crippen molar-refractivity contribution in [3.63, 3.8) is 0 Å². The van der Waals surface area contributed by atoms with Crippen LogP contribution in [-0.2, 0) is 9.84 Å². The van der Waals surface area contributed by atoms with Gasteiger partial charge in [0.1, 0.15) is 5.82 Å². The molecule has 148 valence electrons. The fraction of sp³-hybridized carbons (Fsp3) is 0.450. The molecule has 1 saturated heterocycles. The molecule has 0 unspecified atom stereocenters. The van der Waals surface area contributed by atoms with Crippen molar-refractivity contribution in [3.05, 3.63) is 48.5 Å². The van der Waals surface area contributed by atoms with Crippen LogP contribution in [0.4, 0.5) is 5.69 Å². The average Bonchev–Trinajstić information content (AvgIpc) is 3.11. The van der Waals surface area contributed by atoms with Gasteiger partial charge in [0, 0.05) is 25.2 Å². The SMILES string of the molecule is CC(C)(C)S(=O)(=O)c1ccc(N2CCC(c3nnc4ccccn34)CC2)cn1. The van der Waals surface area contributed by atoms with E-state index in [0.29, 0.717) is 5.92 Å². The Morgan fingerprint density at radius 2 is 1.79 bits per heavy atom. The third-order valence-corrected chi connectivity index (χ3v) is 7.77. The summed E-state index contributed by atoms with van der Waals surface area (Å²) in [4.78, 5) is 6.50. The largest absolute Gasteiger partial charge is 0.370 e. The van der Waals surface area contributed by atoms with Crippen LogP contribution >= 0.6 is 0 Å². The molecule has 0 atom stereocenters. The molecule has 3 aromatic rings. The predicted octanol–water partition coefficient (Wildman–Crippen LogP) is 3.08. The highest BCUT2D eigenvalue weighted by molar-refractivity contribution is 7.92. The first-order chi connectivity index (χ1) is 13.3. The molecule has 1 fully saturated rings. The van der Waals surface area contributed by atoms with Gasteiger partial charge in [-0.25, -0.2) is 13.4 Å². The van der Waals surface area contributed by atoms with E-state index < -0.39 is 14.6 Å². The number of piperidine rings is 1. The molecule has 0 aliphatic carbocycles. The molecule has 1 aliphatic heterocycles. The van der Waals surface area contributed by atoms with Crippen LogP contribution in [0.2, 0.25) is 0 Å². The Bertz CT molecular complexity index is 1080. The molecule has 0 bridgehead atoms. The summed E-state index contributed by atoms with van der Waals surface area (Å²) in [7, 11) is -3.43. The number of hydrogen-bond acceptors (Lipinski definition) is 6. The summed E-state index contributed by atoms with van der Waals surface area (Å²) in [5.74, 6) is 1.38. The van der Waals surface area contributed by atoms with Crippen LogP contribution in [0, 0.1) is 0 Å². The number of pyridine rings is 2. The van der Waals surface area contributed by atoms with Crippen LogP contribution in [0.15, 0.2) is 47.8 Å². The molecule has 7 nitrogen and oxygen atoms in total. The first-order valence-corrected chi connectivity index (χ1v) is 11.0. The van der Waals surface area contributed by atoms with Crippen LogP contribution < -0.4 is 4.90 Å². The van der Waals surface area contributed by atoms with Crippen molar-refractivity contribution in [1.82, 2.24) is 19.6 Å². The van der Waals surface area contributed by atoms with Crippen molar-refractivity contribution < 1.29 is 8.42 Å². The van der Waals surface area contributed by atoms with Gasteiger partial charge in [-0.05, 0) is 57.9 Å². The fourth-order valence-electron chi connectivity index (χ4n) is 3.57. The second-order valence-electron chi connectivity index (χ2n) is 8.22. The summed E-state index contributed by atoms with van der Waals surface area (Å²) in [5.41, 5.74) is 1.83. The first kappa shape index (κ1) is 18.9. The van der Waals surface area contributed by atoms with Crippen molar-refractivity contribution in [1.29, 1.82) is 0 Å². The number of aromatic nitrogens is 4. The van der Waals surface area contributed by atoms with E-state index in [0.717, 1.165) is 43.1 Å². The van der Waals surface area contributed by atoms with Crippen LogP contribution in [0.5, 0.6) is 0 Å². The number of anilines is 1. The molecule has 0 aromatic carbocycles. The minimum atomic E-state index is -3.43. The van der Waals surface area contributed by atoms with Crippen molar-refractivity contribution in [2.75, 3.05) is 18.0 Å². The van der Waals surface area contributed by atoms with E-state index in [2.05, 4.69) is 24.5 Å². The van der Waals surface area contributed by atoms with Crippen LogP contribution in [-0.4, -0.2) is 45.8 Å². The zero-order valence-corrected chi connectivity index (χ0v) is 17.2. The Balaban J connectivity index is 1.47. The topological polar surface area (TPSA) is 80.5 Å². The lowest BCUT2D eigenvalue weighted by molar-refractivity contribution is 0.482. The standard InChI is InChI=1S/C20H25N5O2S/c1-20(2,3)28(26,27)18-8-7-16(14-21-18)24-12-9-15(10-13-24)19-23-22-17-6-4-5-11-25(17)19/h4-8,11,14-15H,9-10,12-13H2,1-3H3. The molecule has 0 radical (unpaired) electrons. The lowest BCUT2D eigenvalue weighted by atomic mass is 9.95. The maximum Gasteiger partial charge on any atom is 0.200 e. The van der Waals surface area contributed by atoms with E-state index in [1.165, 1.54) is 0 Å². The predicted molar refractivity (Wildman–Crippen MR) is 108 cm³/mol. The Labute approximate surface area is 165 Å². The van der Waals surface area contributed by atoms with Gasteiger partial charge >= 0.3 is 0 Å². The van der Waals surface area contributed by atoms with Gasteiger partial charge in [0.15, 0.2) is 20.5 Å². The van der Waals surface area contributed by atoms with E-state index in [4.69, 9.17) is 0 Å². The maximum absolute atomic E-state index is 12.5. The zero-order chi connectivity index (χ0) is 19.9. The van der Waals surface area contributed by atoms with Gasteiger partial charge < -0.3 is 4.90 Å². The van der Waals surface area contributed by atoms with E-state index in [-0.39, 0.29) is 5.03 Å². The van der Waals surface area contributed by atoms with Crippen molar-refractivity contribution in [2.45, 2.75) is 49.3 Å². The number of hydrogen-bond donors (Lipinski definition) is 0. The van der Waals surface area contributed by atoms with Gasteiger partial charge in [-0.1, -0.05) is 6.07 Å². The molecule has 4 rings (SSSR count). The molecular weight excluding hydrogens is 374 g/mol. The summed E-state index contributed by atoms with van der Waals surface area (Å²) < 4.78 is 26.3. The molecule has 1 aliphatic rings. The second-order valence-corrected chi connectivity index (χ2v) is 10.9. The fourth-order valence-corrected chi connectivity index (χ4v) is 4.63. The molecule has 3 aromatic heterocycles. The molecule has 4 heterocycles. The lowest BCUT2D eigenvalue weighted by Crippen LogP contribution is -2.33. The summed E-state index contributed by atoms with van der Waals surface area (Å²) in [6.07, 6.45) is 5.62. The quantitative estimate of drug-likeness (QED) is 0.673. The highest BCUT2D eigenvalue weighted by Crippen LogP contribution is 2.30. The minimum absolute atomic E-state index is 0.133. The molecule has 28 heavy (non-hydrogen) atoms. The molecule has 0 amide bonds. The van der Waals surface area contributed by atoms with Crippen LogP contribution in [0.3, 0.4) is 0 Å². The minimum Gasteiger partial charge on any atom is -0.370 e. The number of fused-ring (bicyclic) bond motifs is 1. The Hall–Kier alpha value is -2.48. The highest BCUT2D eigenvalue weighted by Gasteiger charge is 2.32. The summed E-state index contributed by atoms with van der Waals surface area (Å²) >= 11 is 0. The van der Waals surface area contributed by atoms with Gasteiger partial charge in [0.05, 0.1) is 16.6 Å². The highest BCUT2D eigenvalue weighted by atomic mass is 32.2. The van der Waals surface area contributed by atoms with Crippen LogP contribution in [0.1, 0.15) is 45.4 Å². The van der Waals surface area contributed by atoms with Crippen molar-refractivity contribution >= 4 is 21.2 Å². The molecule has 8 heteroatoms. The number of sulfone groups is 1. The molecule has 0 N–H and O–H groups in total. The molecule has 0 spiro atoms. The van der Waals surface area contributed by atoms with Crippen LogP contribution in [0.25, 0.3) is 5.65 Å². The molecular formula is C20H25N5O2S. The average molecular weight is 400 g/mol. The third-order valence-electron chi connectivity index (χ3n) is 5.37. The number of rotatable bonds is 3. The van der Waals surface area contributed by atoms with Crippen molar-refractivity contribution in [3.8, 4) is 0 Å². The lowest BCUT2D eigenvalue weighted by Gasteiger charge is -2.32. The smallest absolute Gasteiger partial charge is 0.200 e. The summed E-state index contributed by atoms with van der Waals surface area (Å²) in [6.45, 7) is 6.82. The monoisotopic (exact) mass is 399 g/mol. The molecule has 0 saturated carbocycles. The van der Waals surface area contributed by atoms with Gasteiger partial charge in [-0.3, -0.25) is 4.40 Å². The van der Waals surface area contributed by atoms with Gasteiger partial charge in [0.2, 0.25) is 0 Å². The van der Waals surface area contributed by atoms with E-state index in [1.807, 2.05) is 30.5 Å². The maximum atomic E-state index is 12.5. The van der Waals surface area contributed by atoms with Gasteiger partial charge in [-0.15, -0.1) is 10.2 Å². The first-order valence-electron chi connectivity index (χ1n) is 9.53. The Kier molecular flexibility index (Phi) is 4.61. The van der Waals surface area contributed by atoms with Gasteiger partial charge in [0.25, 0.3) is 0 Å². The Morgan fingerprint density at radius 3 is 2.43 bits per heavy atom. The van der Waals surface area contributed by atoms with Gasteiger partial charge in [-0.2, -0.15) is 0 Å². The summed E-state index contributed by atoms with van der Waals surface area (Å²) in [6, 6.07) is 9.40. The summed E-state index contributed by atoms with van der Waals surface area (Å²) in [5, 5.41) is 8.78. The third kappa shape index (κ3) is 3.26.